The summed E-state index contributed by atoms with van der Waals surface area (Å²) in [6.45, 7) is 0. The van der Waals surface area contributed by atoms with Gasteiger partial charge in [-0.2, -0.15) is 79.0 Å². The molecule has 1 aliphatic heterocycles. The summed E-state index contributed by atoms with van der Waals surface area (Å²) < 4.78 is 236. The highest BCUT2D eigenvalue weighted by Crippen LogP contribution is 2.96. The Balaban J connectivity index is 4.81. The monoisotopic (exact) mass is 549 g/mol. The molecular weight excluding hydrogens is 549 g/mol. The molecule has 0 aliphatic carbocycles. The number of halogens is 18. The van der Waals surface area contributed by atoms with E-state index in [9.17, 15) is 79.0 Å². The summed E-state index contributed by atoms with van der Waals surface area (Å²) in [6, 6.07) is 0. The summed E-state index contributed by atoms with van der Waals surface area (Å²) in [5, 5.41) is 0. The molecule has 0 unspecified atom stereocenters. The molecule has 1 heterocycles. The normalized spacial score (nSPS) is 22.6. The maximum Gasteiger partial charge on any atom is 0.449 e. The van der Waals surface area contributed by atoms with E-state index in [1.54, 1.807) is 0 Å². The van der Waals surface area contributed by atoms with Gasteiger partial charge in [0.05, 0.1) is 0 Å². The predicted molar refractivity (Wildman–Crippen MR) is 64.4 cm³/mol. The van der Waals surface area contributed by atoms with Crippen molar-refractivity contribution in [3.05, 3.63) is 0 Å². The minimum absolute atomic E-state index is 0.569. The number of alkyl halides is 18. The first-order chi connectivity index (χ1) is 12.6. The van der Waals surface area contributed by atoms with Crippen molar-refractivity contribution in [3.63, 3.8) is 0 Å². The lowest BCUT2D eigenvalue weighted by Crippen LogP contribution is -2.30. The maximum atomic E-state index is 13.0. The Hall–Kier alpha value is -0.570. The van der Waals surface area contributed by atoms with Crippen LogP contribution in [0.25, 0.3) is 0 Å². The first kappa shape index (κ1) is 27.5. The quantitative estimate of drug-likeness (QED) is 0.213. The van der Waals surface area contributed by atoms with Gasteiger partial charge in [-0.25, -0.2) is 13.5 Å². The van der Waals surface area contributed by atoms with Crippen LogP contribution in [0.4, 0.5) is 79.0 Å². The van der Waals surface area contributed by atoms with Gasteiger partial charge in [-0.05, 0) is 0 Å². The van der Waals surface area contributed by atoms with E-state index in [-0.39, 0.29) is 0 Å². The third-order valence-electron chi connectivity index (χ3n) is 2.90. The van der Waals surface area contributed by atoms with Crippen LogP contribution >= 0.6 is 21.6 Å². The van der Waals surface area contributed by atoms with Crippen LogP contribution in [0.5, 0.6) is 0 Å². The molecule has 0 bridgehead atoms. The molecule has 0 saturated carbocycles. The second-order valence-electron chi connectivity index (χ2n) is 4.88. The number of hydrogen-bond donors (Lipinski definition) is 0. The molecule has 0 saturated heterocycles. The second-order valence-corrected chi connectivity index (χ2v) is 13.7. The average Bonchev–Trinajstić information content (AvgIpc) is 2.39. The molecule has 0 aromatic carbocycles. The Morgan fingerprint density at radius 2 is 0.367 bits per heavy atom. The van der Waals surface area contributed by atoms with Crippen LogP contribution in [0.1, 0.15) is 0 Å². The van der Waals surface area contributed by atoms with E-state index in [4.69, 9.17) is 0 Å². The van der Waals surface area contributed by atoms with E-state index < -0.39 is 57.1 Å². The highest BCUT2D eigenvalue weighted by Gasteiger charge is 2.80. The lowest BCUT2D eigenvalue weighted by Gasteiger charge is -2.39. The molecule has 3 nitrogen and oxygen atoms in total. The van der Waals surface area contributed by atoms with Crippen molar-refractivity contribution in [1.29, 1.82) is 0 Å². The largest absolute Gasteiger partial charge is 0.449 e. The smallest absolute Gasteiger partial charge is 0.208 e. The number of hydrogen-bond acceptors (Lipinski definition) is 3. The Morgan fingerprint density at radius 1 is 0.267 bits per heavy atom. The van der Waals surface area contributed by atoms with Crippen LogP contribution < -0.4 is 0 Å². The highest BCUT2D eigenvalue weighted by molar-refractivity contribution is 7.89. The van der Waals surface area contributed by atoms with E-state index in [0.717, 1.165) is 0 Å². The summed E-state index contributed by atoms with van der Waals surface area (Å²) >= 11 is 0. The van der Waals surface area contributed by atoms with E-state index in [1.165, 1.54) is 0 Å². The molecule has 0 amide bonds. The molecule has 0 fully saturated rings. The molecule has 1 rings (SSSR count). The molecule has 0 aromatic rings. The van der Waals surface area contributed by atoms with Crippen LogP contribution in [-0.2, 0) is 0 Å². The lowest BCUT2D eigenvalue weighted by atomic mass is 11.5. The second kappa shape index (κ2) is 6.72. The zero-order valence-corrected chi connectivity index (χ0v) is 15.2. The molecule has 180 valence electrons. The number of nitrogens with zero attached hydrogens (tertiary/aromatic N) is 3. The van der Waals surface area contributed by atoms with Crippen LogP contribution in [0.3, 0.4) is 0 Å². The van der Waals surface area contributed by atoms with Gasteiger partial charge in [-0.3, -0.25) is 0 Å². The maximum absolute atomic E-state index is 13.0. The molecular formula is C6F18N3P3. The topological polar surface area (TPSA) is 37.1 Å². The van der Waals surface area contributed by atoms with Gasteiger partial charge >= 0.3 is 35.5 Å². The highest BCUT2D eigenvalue weighted by atomic mass is 31.3. The van der Waals surface area contributed by atoms with E-state index >= 15 is 0 Å². The van der Waals surface area contributed by atoms with Gasteiger partial charge in [0, 0.05) is 0 Å². The van der Waals surface area contributed by atoms with Crippen molar-refractivity contribution in [2.45, 2.75) is 35.5 Å². The van der Waals surface area contributed by atoms with Crippen molar-refractivity contribution in [2.75, 3.05) is 0 Å². The summed E-state index contributed by atoms with van der Waals surface area (Å²) in [6.07, 6.45) is 0. The minimum atomic E-state index is -9.01. The van der Waals surface area contributed by atoms with Gasteiger partial charge in [0.2, 0.25) is 0 Å². The predicted octanol–water partition coefficient (Wildman–Crippen LogP) is 9.47. The average molecular weight is 549 g/mol. The van der Waals surface area contributed by atoms with Crippen LogP contribution in [0.15, 0.2) is 13.5 Å². The first-order valence-corrected chi connectivity index (χ1v) is 11.0. The van der Waals surface area contributed by atoms with Gasteiger partial charge in [0.1, 0.15) is 0 Å². The Bertz CT molecular complexity index is 670. The molecule has 0 atom stereocenters. The van der Waals surface area contributed by atoms with Crippen LogP contribution in [0, 0.1) is 0 Å². The fourth-order valence-corrected chi connectivity index (χ4v) is 13.3. The van der Waals surface area contributed by atoms with Gasteiger partial charge in [-0.1, -0.05) is 0 Å². The summed E-state index contributed by atoms with van der Waals surface area (Å²) in [5.41, 5.74) is 0. The first-order valence-electron chi connectivity index (χ1n) is 5.94. The summed E-state index contributed by atoms with van der Waals surface area (Å²) in [4.78, 5) is 0. The van der Waals surface area contributed by atoms with Crippen molar-refractivity contribution < 1.29 is 79.0 Å². The van der Waals surface area contributed by atoms with Gasteiger partial charge in [0.25, 0.3) is 21.6 Å². The van der Waals surface area contributed by atoms with Gasteiger partial charge in [0.15, 0.2) is 0 Å². The number of rotatable bonds is 0. The zero-order valence-electron chi connectivity index (χ0n) is 12.5. The zero-order chi connectivity index (χ0) is 24.6. The third-order valence-corrected chi connectivity index (χ3v) is 13.4. The standard InChI is InChI=1S/C6F18N3P3/c7-1(8,9)28(2(10,11)12)25-29(3(13,14)15,4(16,17)18)27-30(26-28,5(19,20)21)6(22,23)24. The molecule has 0 N–H and O–H groups in total. The van der Waals surface area contributed by atoms with Crippen LogP contribution in [0.2, 0.25) is 0 Å². The fourth-order valence-electron chi connectivity index (χ4n) is 1.66. The molecule has 1 aliphatic rings. The van der Waals surface area contributed by atoms with Gasteiger partial charge < -0.3 is 0 Å². The summed E-state index contributed by atoms with van der Waals surface area (Å²) in [7, 11) is -27.0. The van der Waals surface area contributed by atoms with E-state index in [1.807, 2.05) is 0 Å². The molecule has 0 spiro atoms. The van der Waals surface area contributed by atoms with Crippen LogP contribution in [-0.4, -0.2) is 35.5 Å². The van der Waals surface area contributed by atoms with Crippen molar-refractivity contribution in [1.82, 2.24) is 0 Å². The minimum Gasteiger partial charge on any atom is -0.208 e. The molecule has 0 radical (unpaired) electrons. The van der Waals surface area contributed by atoms with Crippen molar-refractivity contribution >= 4 is 21.6 Å². The molecule has 24 heteroatoms. The summed E-state index contributed by atoms with van der Waals surface area (Å²) in [5.74, 6) is -45.7. The Labute approximate surface area is 151 Å². The molecule has 0 aromatic heterocycles. The van der Waals surface area contributed by atoms with Crippen molar-refractivity contribution in [3.8, 4) is 0 Å². The third kappa shape index (κ3) is 3.76. The lowest BCUT2D eigenvalue weighted by molar-refractivity contribution is -0.0925. The van der Waals surface area contributed by atoms with E-state index in [0.29, 0.717) is 13.5 Å². The Kier molecular flexibility index (Phi) is 6.15. The molecule has 30 heavy (non-hydrogen) atoms. The van der Waals surface area contributed by atoms with Crippen molar-refractivity contribution in [2.24, 2.45) is 13.5 Å². The fraction of sp³-hybridized carbons (Fsp3) is 1.00. The van der Waals surface area contributed by atoms with Gasteiger partial charge in [-0.15, -0.1) is 0 Å². The Morgan fingerprint density at radius 3 is 0.433 bits per heavy atom. The SMILES string of the molecule is FC(F)(F)P1(C(F)(F)F)=NP(C(F)(F)F)(C(F)(F)F)=NP(C(F)(F)F)(C(F)(F)F)=N1. The van der Waals surface area contributed by atoms with E-state index in [2.05, 4.69) is 0 Å².